The number of amides is 1. The van der Waals surface area contributed by atoms with Crippen LogP contribution in [0.4, 0.5) is 5.95 Å². The van der Waals surface area contributed by atoms with Gasteiger partial charge in [0.25, 0.3) is 5.91 Å². The Hall–Kier alpha value is -3.75. The van der Waals surface area contributed by atoms with Gasteiger partial charge in [-0.15, -0.1) is 0 Å². The normalized spacial score (nSPS) is 15.5. The minimum absolute atomic E-state index is 0.136. The molecule has 1 amide bonds. The number of fused-ring (bicyclic) bond motifs is 1. The van der Waals surface area contributed by atoms with Crippen LogP contribution < -0.4 is 20.5 Å². The lowest BCUT2D eigenvalue weighted by Gasteiger charge is -2.27. The summed E-state index contributed by atoms with van der Waals surface area (Å²) in [7, 11) is 3.12. The quantitative estimate of drug-likeness (QED) is 0.701. The minimum Gasteiger partial charge on any atom is -0.497 e. The van der Waals surface area contributed by atoms with E-state index in [-0.39, 0.29) is 17.9 Å². The third kappa shape index (κ3) is 3.18. The van der Waals surface area contributed by atoms with E-state index >= 15 is 0 Å². The number of carbonyl (C=O) groups excluding carboxylic acids is 1. The minimum atomic E-state index is -0.340. The molecule has 9 nitrogen and oxygen atoms in total. The van der Waals surface area contributed by atoms with Crippen molar-refractivity contribution in [2.45, 2.75) is 12.5 Å². The summed E-state index contributed by atoms with van der Waals surface area (Å²) in [5.41, 5.74) is 9.00. The maximum atomic E-state index is 12.6. The van der Waals surface area contributed by atoms with E-state index in [2.05, 4.69) is 25.3 Å². The van der Waals surface area contributed by atoms with E-state index in [0.717, 1.165) is 11.1 Å². The molecule has 9 heteroatoms. The van der Waals surface area contributed by atoms with Crippen LogP contribution in [0.3, 0.4) is 0 Å². The molecular formula is C19H18N6O3. The van der Waals surface area contributed by atoms with Crippen LogP contribution in [-0.4, -0.2) is 40.1 Å². The second kappa shape index (κ2) is 7.10. The van der Waals surface area contributed by atoms with E-state index in [0.29, 0.717) is 35.0 Å². The Balaban J connectivity index is 1.81. The molecule has 142 valence electrons. The summed E-state index contributed by atoms with van der Waals surface area (Å²) in [6, 6.07) is 5.25. The van der Waals surface area contributed by atoms with Gasteiger partial charge in [-0.25, -0.2) is 15.0 Å². The van der Waals surface area contributed by atoms with E-state index < -0.39 is 0 Å². The topological polar surface area (TPSA) is 125 Å². The number of rotatable bonds is 4. The second-order valence-corrected chi connectivity index (χ2v) is 6.22. The summed E-state index contributed by atoms with van der Waals surface area (Å²) in [4.78, 5) is 29.4. The Labute approximate surface area is 161 Å². The largest absolute Gasteiger partial charge is 0.497 e. The highest BCUT2D eigenvalue weighted by molar-refractivity contribution is 5.96. The van der Waals surface area contributed by atoms with Crippen molar-refractivity contribution in [2.24, 2.45) is 0 Å². The number of methoxy groups -OCH3 is 2. The third-order valence-corrected chi connectivity index (χ3v) is 4.57. The zero-order valence-corrected chi connectivity index (χ0v) is 15.3. The van der Waals surface area contributed by atoms with Crippen LogP contribution in [0.2, 0.25) is 0 Å². The standard InChI is InChI=1S/C19H18N6O3/c1-27-10-3-4-11(16-8-21-9-17(23-16)28-2)12(5-10)14-6-15-13(18(26)24-14)7-22-19(20)25-15/h3-5,7-9,14H,6H2,1-2H3,(H,24,26)(H2,20,22,25)/t14-/m1/s1. The summed E-state index contributed by atoms with van der Waals surface area (Å²) in [5.74, 6) is 0.947. The van der Waals surface area contributed by atoms with E-state index in [4.69, 9.17) is 15.2 Å². The van der Waals surface area contributed by atoms with E-state index in [1.54, 1.807) is 13.3 Å². The van der Waals surface area contributed by atoms with Gasteiger partial charge in [0.2, 0.25) is 11.8 Å². The molecule has 4 rings (SSSR count). The molecule has 3 N–H and O–H groups in total. The molecule has 0 saturated carbocycles. The highest BCUT2D eigenvalue weighted by Gasteiger charge is 2.29. The number of anilines is 1. The molecule has 0 radical (unpaired) electrons. The average molecular weight is 378 g/mol. The lowest BCUT2D eigenvalue weighted by Crippen LogP contribution is -2.36. The van der Waals surface area contributed by atoms with Crippen LogP contribution in [0.25, 0.3) is 11.3 Å². The number of benzene rings is 1. The van der Waals surface area contributed by atoms with Gasteiger partial charge < -0.3 is 20.5 Å². The lowest BCUT2D eigenvalue weighted by atomic mass is 9.91. The average Bonchev–Trinajstić information content (AvgIpc) is 2.73. The predicted molar refractivity (Wildman–Crippen MR) is 101 cm³/mol. The van der Waals surface area contributed by atoms with Gasteiger partial charge in [0.15, 0.2) is 0 Å². The third-order valence-electron chi connectivity index (χ3n) is 4.57. The van der Waals surface area contributed by atoms with Gasteiger partial charge in [0.1, 0.15) is 5.75 Å². The fourth-order valence-corrected chi connectivity index (χ4v) is 3.21. The first kappa shape index (κ1) is 17.7. The molecule has 28 heavy (non-hydrogen) atoms. The smallest absolute Gasteiger partial charge is 0.255 e. The first-order chi connectivity index (χ1) is 13.6. The van der Waals surface area contributed by atoms with Crippen molar-refractivity contribution in [3.63, 3.8) is 0 Å². The van der Waals surface area contributed by atoms with Gasteiger partial charge in [0, 0.05) is 18.2 Å². The van der Waals surface area contributed by atoms with Gasteiger partial charge in [-0.3, -0.25) is 9.78 Å². The monoisotopic (exact) mass is 378 g/mol. The summed E-state index contributed by atoms with van der Waals surface area (Å²) in [6.07, 6.45) is 5.09. The number of aromatic nitrogens is 4. The molecular weight excluding hydrogens is 360 g/mol. The van der Waals surface area contributed by atoms with Gasteiger partial charge in [0.05, 0.1) is 49.6 Å². The summed E-state index contributed by atoms with van der Waals surface area (Å²) in [6.45, 7) is 0. The van der Waals surface area contributed by atoms with Crippen molar-refractivity contribution < 1.29 is 14.3 Å². The number of ether oxygens (including phenoxy) is 2. The Morgan fingerprint density at radius 2 is 1.96 bits per heavy atom. The summed E-state index contributed by atoms with van der Waals surface area (Å²) < 4.78 is 10.6. The molecule has 0 bridgehead atoms. The molecule has 2 aromatic heterocycles. The van der Waals surface area contributed by atoms with E-state index in [9.17, 15) is 4.79 Å². The van der Waals surface area contributed by atoms with E-state index in [1.165, 1.54) is 19.5 Å². The lowest BCUT2D eigenvalue weighted by molar-refractivity contribution is 0.0923. The van der Waals surface area contributed by atoms with Gasteiger partial charge >= 0.3 is 0 Å². The van der Waals surface area contributed by atoms with Crippen LogP contribution in [0.5, 0.6) is 11.6 Å². The molecule has 0 spiro atoms. The summed E-state index contributed by atoms with van der Waals surface area (Å²) >= 11 is 0. The van der Waals surface area contributed by atoms with Crippen molar-refractivity contribution in [2.75, 3.05) is 20.0 Å². The highest BCUT2D eigenvalue weighted by Crippen LogP contribution is 2.34. The zero-order chi connectivity index (χ0) is 19.7. The molecule has 0 aliphatic carbocycles. The van der Waals surface area contributed by atoms with Crippen molar-refractivity contribution >= 4 is 11.9 Å². The number of nitrogen functional groups attached to an aromatic ring is 1. The van der Waals surface area contributed by atoms with Gasteiger partial charge in [-0.05, 0) is 23.8 Å². The van der Waals surface area contributed by atoms with Crippen LogP contribution in [0, 0.1) is 0 Å². The number of nitrogens with zero attached hydrogens (tertiary/aromatic N) is 4. The van der Waals surface area contributed by atoms with Gasteiger partial charge in [-0.2, -0.15) is 0 Å². The molecule has 1 aromatic carbocycles. The fourth-order valence-electron chi connectivity index (χ4n) is 3.21. The maximum Gasteiger partial charge on any atom is 0.255 e. The number of carbonyl (C=O) groups is 1. The van der Waals surface area contributed by atoms with Crippen LogP contribution in [-0.2, 0) is 6.42 Å². The maximum absolute atomic E-state index is 12.6. The van der Waals surface area contributed by atoms with Crippen LogP contribution >= 0.6 is 0 Å². The molecule has 1 aliphatic heterocycles. The first-order valence-corrected chi connectivity index (χ1v) is 8.55. The number of hydrogen-bond donors (Lipinski definition) is 2. The van der Waals surface area contributed by atoms with Crippen LogP contribution in [0.15, 0.2) is 36.8 Å². The number of nitrogens with two attached hydrogens (primary N) is 1. The molecule has 0 saturated heterocycles. The Bertz CT molecular complexity index is 1060. The molecule has 0 fully saturated rings. The molecule has 1 atom stereocenters. The Morgan fingerprint density at radius 3 is 2.75 bits per heavy atom. The first-order valence-electron chi connectivity index (χ1n) is 8.55. The highest BCUT2D eigenvalue weighted by atomic mass is 16.5. The molecule has 3 heterocycles. The van der Waals surface area contributed by atoms with Crippen molar-refractivity contribution in [3.8, 4) is 22.9 Å². The van der Waals surface area contributed by atoms with Crippen LogP contribution in [0.1, 0.15) is 27.7 Å². The predicted octanol–water partition coefficient (Wildman–Crippen LogP) is 1.56. The fraction of sp³-hybridized carbons (Fsp3) is 0.211. The summed E-state index contributed by atoms with van der Waals surface area (Å²) in [5, 5.41) is 3.00. The molecule has 3 aromatic rings. The SMILES string of the molecule is COc1ccc(-c2cncc(OC)n2)c([C@H]2Cc3nc(N)ncc3C(=O)N2)c1. The van der Waals surface area contributed by atoms with Crippen molar-refractivity contribution in [3.05, 3.63) is 53.6 Å². The Morgan fingerprint density at radius 1 is 1.11 bits per heavy atom. The Kier molecular flexibility index (Phi) is 4.48. The van der Waals surface area contributed by atoms with Gasteiger partial charge in [-0.1, -0.05) is 0 Å². The zero-order valence-electron chi connectivity index (χ0n) is 15.3. The number of hydrogen-bond acceptors (Lipinski definition) is 8. The van der Waals surface area contributed by atoms with Crippen molar-refractivity contribution in [1.82, 2.24) is 25.3 Å². The number of nitrogens with one attached hydrogen (secondary N) is 1. The molecule has 0 unspecified atom stereocenters. The van der Waals surface area contributed by atoms with E-state index in [1.807, 2.05) is 18.2 Å². The van der Waals surface area contributed by atoms with Crippen molar-refractivity contribution in [1.29, 1.82) is 0 Å². The molecule has 1 aliphatic rings. The second-order valence-electron chi connectivity index (χ2n) is 6.22.